The lowest BCUT2D eigenvalue weighted by atomic mass is 10.3. The maximum Gasteiger partial charge on any atom is 0.250 e. The molecule has 0 saturated carbocycles. The fourth-order valence-corrected chi connectivity index (χ4v) is 2.61. The smallest absolute Gasteiger partial charge is 0.250 e. The predicted octanol–water partition coefficient (Wildman–Crippen LogP) is 3.92. The van der Waals surface area contributed by atoms with Crippen LogP contribution >= 0.6 is 34.8 Å². The van der Waals surface area contributed by atoms with E-state index in [0.29, 0.717) is 33.8 Å². The van der Waals surface area contributed by atoms with Gasteiger partial charge in [-0.3, -0.25) is 4.79 Å². The molecule has 0 radical (unpaired) electrons. The number of halogens is 3. The van der Waals surface area contributed by atoms with Crippen molar-refractivity contribution in [2.75, 3.05) is 11.9 Å². The van der Waals surface area contributed by atoms with E-state index in [1.807, 2.05) is 6.07 Å². The molecule has 100 valence electrons. The molecule has 0 aliphatic carbocycles. The minimum Gasteiger partial charge on any atom is -0.381 e. The average molecular weight is 318 g/mol. The molecule has 1 N–H and O–H groups in total. The Labute approximate surface area is 125 Å². The van der Waals surface area contributed by atoms with Gasteiger partial charge in [0.05, 0.1) is 15.7 Å². The Morgan fingerprint density at radius 1 is 1.11 bits per heavy atom. The van der Waals surface area contributed by atoms with E-state index in [0.717, 1.165) is 0 Å². The third-order valence-electron chi connectivity index (χ3n) is 2.56. The highest BCUT2D eigenvalue weighted by Crippen LogP contribution is 2.33. The third-order valence-corrected chi connectivity index (χ3v) is 3.37. The molecule has 0 saturated heterocycles. The predicted molar refractivity (Wildman–Crippen MR) is 80.7 cm³/mol. The van der Waals surface area contributed by atoms with Crippen LogP contribution in [0.4, 0.5) is 5.69 Å². The molecule has 2 aromatic rings. The first kappa shape index (κ1) is 14.3. The van der Waals surface area contributed by atoms with Crippen LogP contribution in [0.2, 0.25) is 15.1 Å². The second-order valence-corrected chi connectivity index (χ2v) is 5.15. The van der Waals surface area contributed by atoms with Crippen molar-refractivity contribution in [2.45, 2.75) is 6.54 Å². The van der Waals surface area contributed by atoms with Crippen molar-refractivity contribution in [3.63, 3.8) is 0 Å². The maximum absolute atomic E-state index is 11.5. The standard InChI is InChI=1S/C13H11Cl3N2O/c14-9-7-10(15)13(11(16)8-9)17-4-6-18-5-2-1-3-12(18)19/h1-3,5,7-8,17H,4,6H2. The van der Waals surface area contributed by atoms with Gasteiger partial charge < -0.3 is 9.88 Å². The van der Waals surface area contributed by atoms with E-state index in [2.05, 4.69) is 5.32 Å². The Balaban J connectivity index is 2.04. The summed E-state index contributed by atoms with van der Waals surface area (Å²) in [6.07, 6.45) is 1.73. The largest absolute Gasteiger partial charge is 0.381 e. The normalized spacial score (nSPS) is 10.5. The molecule has 0 unspecified atom stereocenters. The van der Waals surface area contributed by atoms with E-state index >= 15 is 0 Å². The van der Waals surface area contributed by atoms with E-state index in [1.54, 1.807) is 29.0 Å². The highest BCUT2D eigenvalue weighted by molar-refractivity contribution is 6.41. The van der Waals surface area contributed by atoms with E-state index in [1.165, 1.54) is 6.07 Å². The van der Waals surface area contributed by atoms with Crippen LogP contribution in [0.3, 0.4) is 0 Å². The van der Waals surface area contributed by atoms with Gasteiger partial charge >= 0.3 is 0 Å². The quantitative estimate of drug-likeness (QED) is 0.927. The van der Waals surface area contributed by atoms with Gasteiger partial charge in [0.1, 0.15) is 0 Å². The number of nitrogens with zero attached hydrogens (tertiary/aromatic N) is 1. The molecule has 1 aromatic heterocycles. The van der Waals surface area contributed by atoms with Gasteiger partial charge in [0, 0.05) is 30.4 Å². The SMILES string of the molecule is O=c1ccccn1CCNc1c(Cl)cc(Cl)cc1Cl. The lowest BCUT2D eigenvalue weighted by Gasteiger charge is -2.11. The summed E-state index contributed by atoms with van der Waals surface area (Å²) in [6.45, 7) is 1.06. The second-order valence-electron chi connectivity index (χ2n) is 3.90. The summed E-state index contributed by atoms with van der Waals surface area (Å²) in [7, 11) is 0. The number of nitrogens with one attached hydrogen (secondary N) is 1. The number of hydrogen-bond acceptors (Lipinski definition) is 2. The van der Waals surface area contributed by atoms with Crippen LogP contribution in [0.1, 0.15) is 0 Å². The topological polar surface area (TPSA) is 34.0 Å². The molecule has 0 bridgehead atoms. The fourth-order valence-electron chi connectivity index (χ4n) is 1.66. The van der Waals surface area contributed by atoms with E-state index in [-0.39, 0.29) is 5.56 Å². The van der Waals surface area contributed by atoms with Crippen LogP contribution in [0, 0.1) is 0 Å². The molecule has 3 nitrogen and oxygen atoms in total. The van der Waals surface area contributed by atoms with Gasteiger partial charge in [-0.1, -0.05) is 40.9 Å². The van der Waals surface area contributed by atoms with Gasteiger partial charge in [-0.05, 0) is 18.2 Å². The Morgan fingerprint density at radius 2 is 1.79 bits per heavy atom. The minimum absolute atomic E-state index is 0.0439. The molecule has 0 spiro atoms. The summed E-state index contributed by atoms with van der Waals surface area (Å²) >= 11 is 17.9. The molecule has 6 heteroatoms. The summed E-state index contributed by atoms with van der Waals surface area (Å²) in [6, 6.07) is 8.27. The van der Waals surface area contributed by atoms with Crippen molar-refractivity contribution in [1.29, 1.82) is 0 Å². The summed E-state index contributed by atoms with van der Waals surface area (Å²) in [5.74, 6) is 0. The number of aromatic nitrogens is 1. The lowest BCUT2D eigenvalue weighted by Crippen LogP contribution is -2.22. The van der Waals surface area contributed by atoms with Crippen LogP contribution < -0.4 is 10.9 Å². The fraction of sp³-hybridized carbons (Fsp3) is 0.154. The molecule has 19 heavy (non-hydrogen) atoms. The Morgan fingerprint density at radius 3 is 2.42 bits per heavy atom. The number of pyridine rings is 1. The Bertz CT molecular complexity index is 617. The molecule has 1 heterocycles. The number of benzene rings is 1. The zero-order valence-electron chi connectivity index (χ0n) is 9.87. The van der Waals surface area contributed by atoms with Crippen molar-refractivity contribution in [1.82, 2.24) is 4.57 Å². The van der Waals surface area contributed by atoms with E-state index in [4.69, 9.17) is 34.8 Å². The molecule has 2 rings (SSSR count). The molecule has 0 fully saturated rings. The first-order valence-electron chi connectivity index (χ1n) is 5.62. The van der Waals surface area contributed by atoms with Gasteiger partial charge in [-0.2, -0.15) is 0 Å². The maximum atomic E-state index is 11.5. The second kappa shape index (κ2) is 6.33. The average Bonchev–Trinajstić information content (AvgIpc) is 2.34. The zero-order valence-corrected chi connectivity index (χ0v) is 12.1. The number of anilines is 1. The van der Waals surface area contributed by atoms with Gasteiger partial charge in [0.25, 0.3) is 5.56 Å². The Hall–Kier alpha value is -1.16. The monoisotopic (exact) mass is 316 g/mol. The van der Waals surface area contributed by atoms with Crippen LogP contribution in [0.15, 0.2) is 41.3 Å². The van der Waals surface area contributed by atoms with Gasteiger partial charge in [0.2, 0.25) is 0 Å². The number of hydrogen-bond donors (Lipinski definition) is 1. The van der Waals surface area contributed by atoms with Gasteiger partial charge in [-0.15, -0.1) is 0 Å². The number of rotatable bonds is 4. The highest BCUT2D eigenvalue weighted by atomic mass is 35.5. The lowest BCUT2D eigenvalue weighted by molar-refractivity contribution is 0.697. The van der Waals surface area contributed by atoms with Gasteiger partial charge in [0.15, 0.2) is 0 Å². The summed E-state index contributed by atoms with van der Waals surface area (Å²) in [5.41, 5.74) is 0.578. The molecule has 1 aromatic carbocycles. The summed E-state index contributed by atoms with van der Waals surface area (Å²) in [4.78, 5) is 11.5. The Kier molecular flexibility index (Phi) is 4.75. The third kappa shape index (κ3) is 3.66. The molecule has 0 atom stereocenters. The first-order chi connectivity index (χ1) is 9.08. The van der Waals surface area contributed by atoms with Crippen LogP contribution in [0.5, 0.6) is 0 Å². The molecular weight excluding hydrogens is 307 g/mol. The summed E-state index contributed by atoms with van der Waals surface area (Å²) in [5, 5.41) is 4.50. The minimum atomic E-state index is -0.0439. The van der Waals surface area contributed by atoms with Crippen LogP contribution in [-0.2, 0) is 6.54 Å². The molecule has 0 amide bonds. The highest BCUT2D eigenvalue weighted by Gasteiger charge is 2.07. The van der Waals surface area contributed by atoms with Crippen molar-refractivity contribution < 1.29 is 0 Å². The molecular formula is C13H11Cl3N2O. The van der Waals surface area contributed by atoms with Crippen molar-refractivity contribution in [3.05, 3.63) is 62.0 Å². The summed E-state index contributed by atoms with van der Waals surface area (Å²) < 4.78 is 1.60. The van der Waals surface area contributed by atoms with Crippen molar-refractivity contribution in [3.8, 4) is 0 Å². The first-order valence-corrected chi connectivity index (χ1v) is 6.75. The van der Waals surface area contributed by atoms with Gasteiger partial charge in [-0.25, -0.2) is 0 Å². The van der Waals surface area contributed by atoms with Crippen LogP contribution in [-0.4, -0.2) is 11.1 Å². The van der Waals surface area contributed by atoms with Crippen molar-refractivity contribution in [2.24, 2.45) is 0 Å². The molecule has 0 aliphatic heterocycles. The van der Waals surface area contributed by atoms with E-state index in [9.17, 15) is 4.79 Å². The zero-order chi connectivity index (χ0) is 13.8. The van der Waals surface area contributed by atoms with Crippen molar-refractivity contribution >= 4 is 40.5 Å². The van der Waals surface area contributed by atoms with Crippen LogP contribution in [0.25, 0.3) is 0 Å². The molecule has 0 aliphatic rings. The van der Waals surface area contributed by atoms with E-state index < -0.39 is 0 Å².